The van der Waals surface area contributed by atoms with E-state index in [1.807, 2.05) is 36.1 Å². The first-order chi connectivity index (χ1) is 12.8. The van der Waals surface area contributed by atoms with Crippen molar-refractivity contribution in [3.63, 3.8) is 0 Å². The molecule has 3 aromatic rings. The van der Waals surface area contributed by atoms with Gasteiger partial charge in [-0.15, -0.1) is 0 Å². The third-order valence-electron chi connectivity index (χ3n) is 4.25. The maximum atomic E-state index is 12.9. The summed E-state index contributed by atoms with van der Waals surface area (Å²) in [7, 11) is 0. The van der Waals surface area contributed by atoms with Gasteiger partial charge in [-0.3, -0.25) is 0 Å². The van der Waals surface area contributed by atoms with E-state index in [1.165, 1.54) is 6.07 Å². The van der Waals surface area contributed by atoms with E-state index in [-0.39, 0.29) is 5.89 Å². The molecule has 3 nitrogen and oxygen atoms in total. The van der Waals surface area contributed by atoms with Crippen molar-refractivity contribution in [3.05, 3.63) is 70.6 Å². The van der Waals surface area contributed by atoms with Crippen molar-refractivity contribution in [2.24, 2.45) is 0 Å². The standard InChI is InChI=1S/C20H18ClF3N2O/c1-3-26(18-10-5-4-9-16(18)21)12-17-13(2)27-19(25-17)14-7-6-8-15(11-14)20(22,23)24/h4-11H,3,12H2,1-2H3. The minimum absolute atomic E-state index is 0.170. The first-order valence-corrected chi connectivity index (χ1v) is 8.80. The highest BCUT2D eigenvalue weighted by Crippen LogP contribution is 2.33. The van der Waals surface area contributed by atoms with Crippen LogP contribution in [-0.4, -0.2) is 11.5 Å². The van der Waals surface area contributed by atoms with E-state index >= 15 is 0 Å². The highest BCUT2D eigenvalue weighted by Gasteiger charge is 2.31. The van der Waals surface area contributed by atoms with E-state index < -0.39 is 11.7 Å². The number of aromatic nitrogens is 1. The Kier molecular flexibility index (Phi) is 5.46. The smallest absolute Gasteiger partial charge is 0.416 e. The third-order valence-corrected chi connectivity index (χ3v) is 4.56. The molecule has 0 spiro atoms. The topological polar surface area (TPSA) is 29.3 Å². The summed E-state index contributed by atoms with van der Waals surface area (Å²) >= 11 is 6.27. The lowest BCUT2D eigenvalue weighted by Gasteiger charge is -2.23. The molecule has 0 saturated carbocycles. The van der Waals surface area contributed by atoms with Crippen LogP contribution in [0.1, 0.15) is 23.9 Å². The molecular weight excluding hydrogens is 377 g/mol. The fourth-order valence-corrected chi connectivity index (χ4v) is 3.04. The van der Waals surface area contributed by atoms with E-state index in [0.29, 0.717) is 35.1 Å². The summed E-state index contributed by atoms with van der Waals surface area (Å²) in [5.41, 5.74) is 1.08. The van der Waals surface area contributed by atoms with Gasteiger partial charge in [0, 0.05) is 12.1 Å². The zero-order chi connectivity index (χ0) is 19.6. The van der Waals surface area contributed by atoms with Gasteiger partial charge in [0.15, 0.2) is 0 Å². The number of para-hydroxylation sites is 1. The lowest BCUT2D eigenvalue weighted by atomic mass is 10.1. The summed E-state index contributed by atoms with van der Waals surface area (Å²) in [5, 5.41) is 0.624. The molecule has 0 aliphatic heterocycles. The largest absolute Gasteiger partial charge is 0.441 e. The van der Waals surface area contributed by atoms with Crippen molar-refractivity contribution < 1.29 is 17.6 Å². The van der Waals surface area contributed by atoms with Crippen LogP contribution in [0.4, 0.5) is 18.9 Å². The molecule has 0 fully saturated rings. The van der Waals surface area contributed by atoms with Gasteiger partial charge < -0.3 is 9.32 Å². The first-order valence-electron chi connectivity index (χ1n) is 8.43. The van der Waals surface area contributed by atoms with Crippen LogP contribution in [0.15, 0.2) is 52.9 Å². The molecule has 0 aliphatic carbocycles. The van der Waals surface area contributed by atoms with Crippen molar-refractivity contribution in [2.75, 3.05) is 11.4 Å². The fourth-order valence-electron chi connectivity index (χ4n) is 2.78. The van der Waals surface area contributed by atoms with E-state index in [9.17, 15) is 13.2 Å². The second-order valence-electron chi connectivity index (χ2n) is 6.07. The Balaban J connectivity index is 1.90. The number of alkyl halides is 3. The van der Waals surface area contributed by atoms with Crippen LogP contribution in [0.3, 0.4) is 0 Å². The van der Waals surface area contributed by atoms with Gasteiger partial charge in [-0.25, -0.2) is 4.98 Å². The molecular formula is C20H18ClF3N2O. The first kappa shape index (κ1) is 19.3. The molecule has 0 saturated heterocycles. The molecule has 0 radical (unpaired) electrons. The lowest BCUT2D eigenvalue weighted by Crippen LogP contribution is -2.22. The summed E-state index contributed by atoms with van der Waals surface area (Å²) in [6, 6.07) is 12.4. The quantitative estimate of drug-likeness (QED) is 0.505. The zero-order valence-electron chi connectivity index (χ0n) is 14.8. The second-order valence-corrected chi connectivity index (χ2v) is 6.47. The van der Waals surface area contributed by atoms with Gasteiger partial charge in [-0.2, -0.15) is 13.2 Å². The van der Waals surface area contributed by atoms with Crippen molar-refractivity contribution >= 4 is 17.3 Å². The summed E-state index contributed by atoms with van der Waals surface area (Å²) in [6.45, 7) is 4.87. The van der Waals surface area contributed by atoms with Crippen molar-refractivity contribution in [3.8, 4) is 11.5 Å². The van der Waals surface area contributed by atoms with Crippen LogP contribution in [0.2, 0.25) is 5.02 Å². The lowest BCUT2D eigenvalue weighted by molar-refractivity contribution is -0.137. The number of benzene rings is 2. The van der Waals surface area contributed by atoms with Gasteiger partial charge >= 0.3 is 6.18 Å². The minimum atomic E-state index is -4.41. The van der Waals surface area contributed by atoms with Crippen LogP contribution in [0.25, 0.3) is 11.5 Å². The number of halogens is 4. The Bertz CT molecular complexity index is 937. The molecule has 7 heteroatoms. The predicted octanol–water partition coefficient (Wildman–Crippen LogP) is 6.35. The molecule has 1 heterocycles. The van der Waals surface area contributed by atoms with Gasteiger partial charge in [-0.05, 0) is 44.2 Å². The van der Waals surface area contributed by atoms with Gasteiger partial charge in [0.05, 0.1) is 22.8 Å². The van der Waals surface area contributed by atoms with Crippen LogP contribution in [0.5, 0.6) is 0 Å². The number of oxazole rings is 1. The average Bonchev–Trinajstić information content (AvgIpc) is 3.00. The Hall–Kier alpha value is -2.47. The van der Waals surface area contributed by atoms with Crippen LogP contribution >= 0.6 is 11.6 Å². The Morgan fingerprint density at radius 1 is 1.11 bits per heavy atom. The van der Waals surface area contributed by atoms with Crippen molar-refractivity contribution in [1.82, 2.24) is 4.98 Å². The van der Waals surface area contributed by atoms with E-state index in [0.717, 1.165) is 17.8 Å². The summed E-state index contributed by atoms with van der Waals surface area (Å²) in [6.07, 6.45) is -4.41. The number of hydrogen-bond donors (Lipinski definition) is 0. The molecule has 0 unspecified atom stereocenters. The average molecular weight is 395 g/mol. The van der Waals surface area contributed by atoms with E-state index in [1.54, 1.807) is 13.0 Å². The summed E-state index contributed by atoms with van der Waals surface area (Å²) in [4.78, 5) is 6.46. The maximum absolute atomic E-state index is 12.9. The Morgan fingerprint density at radius 2 is 1.85 bits per heavy atom. The van der Waals surface area contributed by atoms with Gasteiger partial charge in [0.1, 0.15) is 11.5 Å². The molecule has 0 amide bonds. The predicted molar refractivity (Wildman–Crippen MR) is 99.9 cm³/mol. The van der Waals surface area contributed by atoms with Crippen LogP contribution in [-0.2, 0) is 12.7 Å². The number of hydrogen-bond acceptors (Lipinski definition) is 3. The molecule has 0 N–H and O–H groups in total. The minimum Gasteiger partial charge on any atom is -0.441 e. The summed E-state index contributed by atoms with van der Waals surface area (Å²) < 4.78 is 44.5. The van der Waals surface area contributed by atoms with Gasteiger partial charge in [-0.1, -0.05) is 29.8 Å². The third kappa shape index (κ3) is 4.27. The highest BCUT2D eigenvalue weighted by molar-refractivity contribution is 6.33. The SMILES string of the molecule is CCN(Cc1nc(-c2cccc(C(F)(F)F)c2)oc1C)c1ccccc1Cl. The monoisotopic (exact) mass is 394 g/mol. The van der Waals surface area contributed by atoms with Crippen LogP contribution < -0.4 is 4.90 Å². The maximum Gasteiger partial charge on any atom is 0.416 e. The van der Waals surface area contributed by atoms with Crippen LogP contribution in [0, 0.1) is 6.92 Å². The number of nitrogens with zero attached hydrogens (tertiary/aromatic N) is 2. The molecule has 3 rings (SSSR count). The fraction of sp³-hybridized carbons (Fsp3) is 0.250. The second kappa shape index (κ2) is 7.64. The Labute approximate surface area is 160 Å². The molecule has 0 bridgehead atoms. The van der Waals surface area contributed by atoms with E-state index in [2.05, 4.69) is 4.98 Å². The summed E-state index contributed by atoms with van der Waals surface area (Å²) in [5.74, 6) is 0.733. The van der Waals surface area contributed by atoms with Gasteiger partial charge in [0.25, 0.3) is 0 Å². The van der Waals surface area contributed by atoms with E-state index in [4.69, 9.17) is 16.0 Å². The number of rotatable bonds is 5. The van der Waals surface area contributed by atoms with Crippen molar-refractivity contribution in [2.45, 2.75) is 26.6 Å². The zero-order valence-corrected chi connectivity index (χ0v) is 15.6. The molecule has 2 aromatic carbocycles. The normalized spacial score (nSPS) is 11.6. The molecule has 0 atom stereocenters. The highest BCUT2D eigenvalue weighted by atomic mass is 35.5. The van der Waals surface area contributed by atoms with Gasteiger partial charge in [0.2, 0.25) is 5.89 Å². The molecule has 27 heavy (non-hydrogen) atoms. The molecule has 0 aliphatic rings. The number of aryl methyl sites for hydroxylation is 1. The van der Waals surface area contributed by atoms with Crippen molar-refractivity contribution in [1.29, 1.82) is 0 Å². The molecule has 1 aromatic heterocycles. The number of anilines is 1. The molecule has 142 valence electrons. The Morgan fingerprint density at radius 3 is 2.52 bits per heavy atom.